The van der Waals surface area contributed by atoms with Gasteiger partial charge in [0.05, 0.1) is 0 Å². The van der Waals surface area contributed by atoms with Crippen LogP contribution in [0.15, 0.2) is 30.3 Å². The standard InChI is InChI=1S/C16H20O3/c17-14-8-4-5-10-16(14,11-9-15(18)19)12-13-6-2-1-3-7-13/h1-3,6-7H,4-5,8-12H2,(H,18,19). The Balaban J connectivity index is 2.18. The molecule has 1 atom stereocenters. The van der Waals surface area contributed by atoms with Crippen LogP contribution in [0.4, 0.5) is 0 Å². The highest BCUT2D eigenvalue weighted by Gasteiger charge is 2.39. The van der Waals surface area contributed by atoms with Gasteiger partial charge >= 0.3 is 5.97 Å². The molecular weight excluding hydrogens is 240 g/mol. The molecule has 1 unspecified atom stereocenters. The highest BCUT2D eigenvalue weighted by Crippen LogP contribution is 2.40. The molecule has 1 aliphatic carbocycles. The maximum atomic E-state index is 12.3. The van der Waals surface area contributed by atoms with Crippen LogP contribution < -0.4 is 0 Å². The van der Waals surface area contributed by atoms with Gasteiger partial charge in [0.25, 0.3) is 0 Å². The van der Waals surface area contributed by atoms with Crippen molar-refractivity contribution in [2.24, 2.45) is 5.41 Å². The minimum atomic E-state index is -0.814. The Morgan fingerprint density at radius 3 is 2.58 bits per heavy atom. The molecule has 102 valence electrons. The fourth-order valence-corrected chi connectivity index (χ4v) is 3.03. The summed E-state index contributed by atoms with van der Waals surface area (Å²) in [6.07, 6.45) is 4.63. The molecule has 0 amide bonds. The lowest BCUT2D eigenvalue weighted by Gasteiger charge is -2.35. The number of aliphatic carboxylic acids is 1. The molecule has 0 aromatic heterocycles. The second kappa shape index (κ2) is 6.00. The minimum absolute atomic E-state index is 0.0819. The average Bonchev–Trinajstić information content (AvgIpc) is 2.41. The molecule has 0 radical (unpaired) electrons. The number of carboxylic acid groups (broad SMARTS) is 1. The third-order valence-electron chi connectivity index (χ3n) is 4.10. The molecule has 19 heavy (non-hydrogen) atoms. The van der Waals surface area contributed by atoms with Gasteiger partial charge in [-0.25, -0.2) is 0 Å². The molecule has 3 nitrogen and oxygen atoms in total. The first kappa shape index (κ1) is 13.8. The SMILES string of the molecule is O=C(O)CCC1(Cc2ccccc2)CCCCC1=O. The van der Waals surface area contributed by atoms with E-state index in [1.807, 2.05) is 30.3 Å². The summed E-state index contributed by atoms with van der Waals surface area (Å²) in [5.41, 5.74) is 0.681. The molecule has 1 aliphatic rings. The monoisotopic (exact) mass is 260 g/mol. The summed E-state index contributed by atoms with van der Waals surface area (Å²) in [4.78, 5) is 23.2. The number of carbonyl (C=O) groups is 2. The van der Waals surface area contributed by atoms with Gasteiger partial charge in [0.2, 0.25) is 0 Å². The Labute approximate surface area is 113 Å². The van der Waals surface area contributed by atoms with Crippen LogP contribution in [0.5, 0.6) is 0 Å². The van der Waals surface area contributed by atoms with E-state index in [0.29, 0.717) is 19.3 Å². The molecule has 1 N–H and O–H groups in total. The van der Waals surface area contributed by atoms with Crippen LogP contribution in [0.1, 0.15) is 44.1 Å². The zero-order valence-electron chi connectivity index (χ0n) is 11.1. The van der Waals surface area contributed by atoms with Crippen molar-refractivity contribution in [1.29, 1.82) is 0 Å². The quantitative estimate of drug-likeness (QED) is 0.884. The lowest BCUT2D eigenvalue weighted by atomic mass is 9.67. The van der Waals surface area contributed by atoms with Crippen LogP contribution >= 0.6 is 0 Å². The van der Waals surface area contributed by atoms with Crippen molar-refractivity contribution in [3.05, 3.63) is 35.9 Å². The molecular formula is C16H20O3. The Morgan fingerprint density at radius 1 is 1.21 bits per heavy atom. The predicted octanol–water partition coefficient (Wildman–Crippen LogP) is 3.22. The second-order valence-corrected chi connectivity index (χ2v) is 5.47. The molecule has 3 heteroatoms. The van der Waals surface area contributed by atoms with Crippen molar-refractivity contribution in [2.75, 3.05) is 0 Å². The molecule has 0 bridgehead atoms. The van der Waals surface area contributed by atoms with Crippen molar-refractivity contribution in [3.8, 4) is 0 Å². The zero-order valence-corrected chi connectivity index (χ0v) is 11.1. The first-order valence-corrected chi connectivity index (χ1v) is 6.91. The lowest BCUT2D eigenvalue weighted by molar-refractivity contribution is -0.139. The number of ketones is 1. The van der Waals surface area contributed by atoms with Crippen LogP contribution in [0.3, 0.4) is 0 Å². The van der Waals surface area contributed by atoms with Crippen molar-refractivity contribution < 1.29 is 14.7 Å². The van der Waals surface area contributed by atoms with Crippen molar-refractivity contribution in [1.82, 2.24) is 0 Å². The first-order valence-electron chi connectivity index (χ1n) is 6.91. The molecule has 0 aliphatic heterocycles. The van der Waals surface area contributed by atoms with Gasteiger partial charge in [-0.3, -0.25) is 9.59 Å². The van der Waals surface area contributed by atoms with E-state index in [4.69, 9.17) is 5.11 Å². The molecule has 0 heterocycles. The van der Waals surface area contributed by atoms with E-state index in [1.165, 1.54) is 0 Å². The number of Topliss-reactive ketones (excluding diaryl/α,β-unsaturated/α-hetero) is 1. The fourth-order valence-electron chi connectivity index (χ4n) is 3.03. The van der Waals surface area contributed by atoms with Gasteiger partial charge in [-0.05, 0) is 31.2 Å². The summed E-state index contributed by atoms with van der Waals surface area (Å²) in [5.74, 6) is -0.560. The van der Waals surface area contributed by atoms with Gasteiger partial charge in [-0.2, -0.15) is 0 Å². The molecule has 1 aromatic rings. The maximum absolute atomic E-state index is 12.3. The van der Waals surface area contributed by atoms with E-state index in [2.05, 4.69) is 0 Å². The molecule has 2 rings (SSSR count). The van der Waals surface area contributed by atoms with Crippen molar-refractivity contribution in [2.45, 2.75) is 44.9 Å². The normalized spacial score (nSPS) is 23.3. The van der Waals surface area contributed by atoms with Crippen LogP contribution in [-0.4, -0.2) is 16.9 Å². The smallest absolute Gasteiger partial charge is 0.303 e. The summed E-state index contributed by atoms with van der Waals surface area (Å²) in [6.45, 7) is 0. The van der Waals surface area contributed by atoms with E-state index in [9.17, 15) is 9.59 Å². The topological polar surface area (TPSA) is 54.4 Å². The highest BCUT2D eigenvalue weighted by molar-refractivity contribution is 5.86. The van der Waals surface area contributed by atoms with Crippen molar-refractivity contribution in [3.63, 3.8) is 0 Å². The Morgan fingerprint density at radius 2 is 1.95 bits per heavy atom. The van der Waals surface area contributed by atoms with Crippen LogP contribution in [-0.2, 0) is 16.0 Å². The molecule has 0 saturated heterocycles. The fraction of sp³-hybridized carbons (Fsp3) is 0.500. The first-order chi connectivity index (χ1) is 9.12. The number of carboxylic acids is 1. The summed E-state index contributed by atoms with van der Waals surface area (Å²) in [5, 5.41) is 8.90. The van der Waals surface area contributed by atoms with Gasteiger partial charge in [0.15, 0.2) is 0 Å². The predicted molar refractivity (Wildman–Crippen MR) is 72.9 cm³/mol. The highest BCUT2D eigenvalue weighted by atomic mass is 16.4. The summed E-state index contributed by atoms with van der Waals surface area (Å²) in [7, 11) is 0. The third kappa shape index (κ3) is 3.43. The van der Waals surface area contributed by atoms with E-state index in [-0.39, 0.29) is 12.2 Å². The lowest BCUT2D eigenvalue weighted by Crippen LogP contribution is -2.37. The Kier molecular flexibility index (Phi) is 4.35. The molecule has 0 spiro atoms. The third-order valence-corrected chi connectivity index (χ3v) is 4.10. The van der Waals surface area contributed by atoms with E-state index in [0.717, 1.165) is 24.8 Å². The van der Waals surface area contributed by atoms with E-state index < -0.39 is 11.4 Å². The van der Waals surface area contributed by atoms with Crippen LogP contribution in [0.25, 0.3) is 0 Å². The Bertz CT molecular complexity index is 452. The number of hydrogen-bond acceptors (Lipinski definition) is 2. The van der Waals surface area contributed by atoms with Crippen molar-refractivity contribution >= 4 is 11.8 Å². The van der Waals surface area contributed by atoms with Gasteiger partial charge in [-0.15, -0.1) is 0 Å². The van der Waals surface area contributed by atoms with Gasteiger partial charge in [0, 0.05) is 18.3 Å². The van der Waals surface area contributed by atoms with Crippen LogP contribution in [0, 0.1) is 5.41 Å². The summed E-state index contributed by atoms with van der Waals surface area (Å²) in [6, 6.07) is 9.92. The number of rotatable bonds is 5. The molecule has 1 aromatic carbocycles. The van der Waals surface area contributed by atoms with E-state index in [1.54, 1.807) is 0 Å². The number of benzene rings is 1. The molecule has 1 fully saturated rings. The largest absolute Gasteiger partial charge is 0.481 e. The summed E-state index contributed by atoms with van der Waals surface area (Å²) < 4.78 is 0. The van der Waals surface area contributed by atoms with Crippen LogP contribution in [0.2, 0.25) is 0 Å². The maximum Gasteiger partial charge on any atom is 0.303 e. The number of carbonyl (C=O) groups excluding carboxylic acids is 1. The second-order valence-electron chi connectivity index (χ2n) is 5.47. The van der Waals surface area contributed by atoms with Gasteiger partial charge in [0.1, 0.15) is 5.78 Å². The zero-order chi connectivity index (χ0) is 13.7. The van der Waals surface area contributed by atoms with E-state index >= 15 is 0 Å². The number of hydrogen-bond donors (Lipinski definition) is 1. The van der Waals surface area contributed by atoms with Gasteiger partial charge < -0.3 is 5.11 Å². The molecule has 1 saturated carbocycles. The van der Waals surface area contributed by atoms with Gasteiger partial charge in [-0.1, -0.05) is 36.8 Å². The Hall–Kier alpha value is -1.64. The average molecular weight is 260 g/mol. The summed E-state index contributed by atoms with van der Waals surface area (Å²) >= 11 is 0. The minimum Gasteiger partial charge on any atom is -0.481 e.